The average Bonchev–Trinajstić information content (AvgIpc) is 2.83. The molecule has 0 spiro atoms. The summed E-state index contributed by atoms with van der Waals surface area (Å²) in [6, 6.07) is 5.86. The molecule has 3 rings (SSSR count). The van der Waals surface area contributed by atoms with E-state index in [0.29, 0.717) is 5.92 Å². The molecule has 1 saturated carbocycles. The number of hydrogen-bond acceptors (Lipinski definition) is 1. The van der Waals surface area contributed by atoms with Gasteiger partial charge in [0.2, 0.25) is 0 Å². The summed E-state index contributed by atoms with van der Waals surface area (Å²) in [6.45, 7) is 0. The van der Waals surface area contributed by atoms with Crippen molar-refractivity contribution in [1.29, 1.82) is 0 Å². The molecule has 2 aromatic rings. The van der Waals surface area contributed by atoms with E-state index in [0.717, 1.165) is 10.6 Å². The van der Waals surface area contributed by atoms with Gasteiger partial charge in [-0.1, -0.05) is 24.4 Å². The number of hydrogen-bond donors (Lipinski definition) is 0. The fourth-order valence-electron chi connectivity index (χ4n) is 2.57. The lowest BCUT2D eigenvalue weighted by molar-refractivity contribution is 0.599. The molecule has 0 bridgehead atoms. The molecule has 0 radical (unpaired) electrons. The SMILES string of the molecule is Clc1ccc2occ(C3CCCC3)c2c1. The Kier molecular flexibility index (Phi) is 2.21. The van der Waals surface area contributed by atoms with Gasteiger partial charge in [0.05, 0.1) is 6.26 Å². The van der Waals surface area contributed by atoms with Gasteiger partial charge in [0.25, 0.3) is 0 Å². The third-order valence-corrected chi connectivity index (χ3v) is 3.60. The molecule has 0 N–H and O–H groups in total. The van der Waals surface area contributed by atoms with Gasteiger partial charge in [0.15, 0.2) is 0 Å². The summed E-state index contributed by atoms with van der Waals surface area (Å²) in [7, 11) is 0. The number of halogens is 1. The molecular weight excluding hydrogens is 208 g/mol. The van der Waals surface area contributed by atoms with Gasteiger partial charge in [-0.25, -0.2) is 0 Å². The molecule has 1 fully saturated rings. The molecule has 1 aromatic carbocycles. The average molecular weight is 221 g/mol. The lowest BCUT2D eigenvalue weighted by atomic mass is 9.97. The van der Waals surface area contributed by atoms with Crippen LogP contribution in [0.25, 0.3) is 11.0 Å². The van der Waals surface area contributed by atoms with E-state index in [1.165, 1.54) is 36.6 Å². The summed E-state index contributed by atoms with van der Waals surface area (Å²) in [5.74, 6) is 0.685. The van der Waals surface area contributed by atoms with Gasteiger partial charge in [-0.3, -0.25) is 0 Å². The normalized spacial score (nSPS) is 17.7. The van der Waals surface area contributed by atoms with E-state index in [-0.39, 0.29) is 0 Å². The quantitative estimate of drug-likeness (QED) is 0.676. The van der Waals surface area contributed by atoms with E-state index in [1.807, 2.05) is 24.5 Å². The van der Waals surface area contributed by atoms with E-state index in [4.69, 9.17) is 16.0 Å². The highest BCUT2D eigenvalue weighted by Gasteiger charge is 2.20. The molecule has 78 valence electrons. The molecule has 0 atom stereocenters. The summed E-state index contributed by atoms with van der Waals surface area (Å²) in [5, 5.41) is 2.00. The topological polar surface area (TPSA) is 13.1 Å². The Morgan fingerprint density at radius 1 is 1.20 bits per heavy atom. The van der Waals surface area contributed by atoms with Crippen molar-refractivity contribution < 1.29 is 4.42 Å². The Morgan fingerprint density at radius 3 is 2.80 bits per heavy atom. The van der Waals surface area contributed by atoms with Crippen molar-refractivity contribution in [3.8, 4) is 0 Å². The van der Waals surface area contributed by atoms with Crippen molar-refractivity contribution in [3.05, 3.63) is 35.0 Å². The number of fused-ring (bicyclic) bond motifs is 1. The largest absolute Gasteiger partial charge is 0.464 e. The first-order valence-corrected chi connectivity index (χ1v) is 5.89. The lowest BCUT2D eigenvalue weighted by Crippen LogP contribution is -1.89. The van der Waals surface area contributed by atoms with Gasteiger partial charge >= 0.3 is 0 Å². The predicted molar refractivity (Wildman–Crippen MR) is 62.4 cm³/mol. The minimum Gasteiger partial charge on any atom is -0.464 e. The molecule has 1 nitrogen and oxygen atoms in total. The van der Waals surface area contributed by atoms with Gasteiger partial charge in [-0.2, -0.15) is 0 Å². The van der Waals surface area contributed by atoms with Crippen molar-refractivity contribution >= 4 is 22.6 Å². The second-order valence-corrected chi connectivity index (χ2v) is 4.75. The maximum atomic E-state index is 6.01. The van der Waals surface area contributed by atoms with E-state index < -0.39 is 0 Å². The van der Waals surface area contributed by atoms with Crippen LogP contribution in [0.4, 0.5) is 0 Å². The second-order valence-electron chi connectivity index (χ2n) is 4.31. The van der Waals surface area contributed by atoms with Gasteiger partial charge in [-0.15, -0.1) is 0 Å². The third kappa shape index (κ3) is 1.55. The second kappa shape index (κ2) is 3.57. The zero-order valence-corrected chi connectivity index (χ0v) is 9.26. The highest BCUT2D eigenvalue weighted by molar-refractivity contribution is 6.31. The van der Waals surface area contributed by atoms with Crippen LogP contribution in [0.3, 0.4) is 0 Å². The van der Waals surface area contributed by atoms with Crippen molar-refractivity contribution in [2.75, 3.05) is 0 Å². The molecule has 0 unspecified atom stereocenters. The van der Waals surface area contributed by atoms with Crippen LogP contribution in [0, 0.1) is 0 Å². The van der Waals surface area contributed by atoms with Crippen molar-refractivity contribution in [1.82, 2.24) is 0 Å². The smallest absolute Gasteiger partial charge is 0.134 e. The van der Waals surface area contributed by atoms with Crippen LogP contribution >= 0.6 is 11.6 Å². The standard InChI is InChI=1S/C13H13ClO/c14-10-5-6-13-11(7-10)12(8-15-13)9-3-1-2-4-9/h5-9H,1-4H2. The van der Waals surface area contributed by atoms with Crippen LogP contribution < -0.4 is 0 Å². The molecule has 1 aliphatic rings. The first-order valence-electron chi connectivity index (χ1n) is 5.51. The molecule has 1 aliphatic carbocycles. The Balaban J connectivity index is 2.13. The number of benzene rings is 1. The monoisotopic (exact) mass is 220 g/mol. The summed E-state index contributed by atoms with van der Waals surface area (Å²) in [6.07, 6.45) is 7.19. The highest BCUT2D eigenvalue weighted by atomic mass is 35.5. The van der Waals surface area contributed by atoms with Crippen LogP contribution in [0.5, 0.6) is 0 Å². The van der Waals surface area contributed by atoms with Crippen LogP contribution in [0.15, 0.2) is 28.9 Å². The molecule has 0 amide bonds. The molecule has 0 saturated heterocycles. The molecule has 1 heterocycles. The minimum absolute atomic E-state index is 0.685. The first-order chi connectivity index (χ1) is 7.34. The van der Waals surface area contributed by atoms with Gasteiger partial charge in [0, 0.05) is 16.0 Å². The summed E-state index contributed by atoms with van der Waals surface area (Å²) in [4.78, 5) is 0. The van der Waals surface area contributed by atoms with Crippen LogP contribution in [0.1, 0.15) is 37.2 Å². The van der Waals surface area contributed by atoms with Gasteiger partial charge < -0.3 is 4.42 Å². The number of rotatable bonds is 1. The van der Waals surface area contributed by atoms with Crippen LogP contribution in [-0.2, 0) is 0 Å². The highest BCUT2D eigenvalue weighted by Crippen LogP contribution is 2.39. The van der Waals surface area contributed by atoms with Gasteiger partial charge in [0.1, 0.15) is 5.58 Å². The van der Waals surface area contributed by atoms with E-state index in [2.05, 4.69) is 0 Å². The zero-order chi connectivity index (χ0) is 10.3. The number of furan rings is 1. The Hall–Kier alpha value is -0.950. The third-order valence-electron chi connectivity index (χ3n) is 3.36. The molecule has 15 heavy (non-hydrogen) atoms. The van der Waals surface area contributed by atoms with Crippen LogP contribution in [-0.4, -0.2) is 0 Å². The maximum absolute atomic E-state index is 6.01. The molecule has 2 heteroatoms. The molecular formula is C13H13ClO. The van der Waals surface area contributed by atoms with Gasteiger partial charge in [-0.05, 0) is 37.0 Å². The van der Waals surface area contributed by atoms with E-state index in [9.17, 15) is 0 Å². The van der Waals surface area contributed by atoms with Crippen LogP contribution in [0.2, 0.25) is 5.02 Å². The van der Waals surface area contributed by atoms with E-state index in [1.54, 1.807) is 0 Å². The Labute approximate surface area is 94.0 Å². The summed E-state index contributed by atoms with van der Waals surface area (Å²) in [5.41, 5.74) is 2.31. The van der Waals surface area contributed by atoms with Crippen molar-refractivity contribution in [3.63, 3.8) is 0 Å². The fraction of sp³-hybridized carbons (Fsp3) is 0.385. The Bertz CT molecular complexity index is 480. The Morgan fingerprint density at radius 2 is 2.00 bits per heavy atom. The zero-order valence-electron chi connectivity index (χ0n) is 8.50. The minimum atomic E-state index is 0.685. The fourth-order valence-corrected chi connectivity index (χ4v) is 2.75. The van der Waals surface area contributed by atoms with Crippen molar-refractivity contribution in [2.24, 2.45) is 0 Å². The summed E-state index contributed by atoms with van der Waals surface area (Å²) >= 11 is 6.01. The molecule has 1 aromatic heterocycles. The molecule has 0 aliphatic heterocycles. The predicted octanol–water partition coefficient (Wildman–Crippen LogP) is 4.74. The lowest BCUT2D eigenvalue weighted by Gasteiger charge is -2.05. The first kappa shape index (κ1) is 9.29. The van der Waals surface area contributed by atoms with Crippen molar-refractivity contribution in [2.45, 2.75) is 31.6 Å². The van der Waals surface area contributed by atoms with E-state index >= 15 is 0 Å². The maximum Gasteiger partial charge on any atom is 0.134 e. The summed E-state index contributed by atoms with van der Waals surface area (Å²) < 4.78 is 5.56.